The molecule has 1 N–H and O–H groups in total. The molecule has 132 valence electrons. The number of amides is 2. The summed E-state index contributed by atoms with van der Waals surface area (Å²) in [6, 6.07) is 16.1. The number of anilines is 2. The number of benzene rings is 2. The molecule has 5 nitrogen and oxygen atoms in total. The van der Waals surface area contributed by atoms with Crippen LogP contribution in [-0.2, 0) is 4.79 Å². The van der Waals surface area contributed by atoms with Crippen LogP contribution in [0.15, 0.2) is 65.1 Å². The quantitative estimate of drug-likeness (QED) is 0.760. The fourth-order valence-electron chi connectivity index (χ4n) is 2.49. The Labute approximate surface area is 150 Å². The summed E-state index contributed by atoms with van der Waals surface area (Å²) >= 11 is 0. The molecule has 0 radical (unpaired) electrons. The Balaban J connectivity index is 1.84. The van der Waals surface area contributed by atoms with Crippen molar-refractivity contribution in [3.63, 3.8) is 0 Å². The molecule has 6 heteroatoms. The number of rotatable bonds is 4. The molecule has 0 aliphatic heterocycles. The summed E-state index contributed by atoms with van der Waals surface area (Å²) in [7, 11) is 1.62. The van der Waals surface area contributed by atoms with Crippen molar-refractivity contribution in [1.82, 2.24) is 0 Å². The Morgan fingerprint density at radius 3 is 2.42 bits per heavy atom. The molecule has 26 heavy (non-hydrogen) atoms. The molecule has 2 amide bonds. The largest absolute Gasteiger partial charge is 0.451 e. The highest BCUT2D eigenvalue weighted by Crippen LogP contribution is 2.27. The van der Waals surface area contributed by atoms with Crippen molar-refractivity contribution in [1.29, 1.82) is 0 Å². The molecule has 0 aliphatic carbocycles. The molecule has 3 aromatic rings. The number of para-hydroxylation sites is 2. The predicted octanol–water partition coefficient (Wildman–Crippen LogP) is 4.32. The molecule has 0 saturated carbocycles. The monoisotopic (exact) mass is 352 g/mol. The standard InChI is InChI=1S/C20H17FN2O3/c1-13(24)23(2)17-10-6-5-9-16(17)22-20(25)19-12-11-18(26-19)14-7-3-4-8-15(14)21/h3-12H,1-2H3,(H,22,25). The van der Waals surface area contributed by atoms with E-state index in [2.05, 4.69) is 5.32 Å². The van der Waals surface area contributed by atoms with E-state index in [4.69, 9.17) is 4.42 Å². The number of carbonyl (C=O) groups is 2. The highest BCUT2D eigenvalue weighted by atomic mass is 19.1. The van der Waals surface area contributed by atoms with Crippen LogP contribution < -0.4 is 10.2 Å². The molecule has 2 aromatic carbocycles. The van der Waals surface area contributed by atoms with Crippen LogP contribution in [0.4, 0.5) is 15.8 Å². The first-order chi connectivity index (χ1) is 12.5. The zero-order valence-corrected chi connectivity index (χ0v) is 14.3. The lowest BCUT2D eigenvalue weighted by atomic mass is 10.1. The van der Waals surface area contributed by atoms with Crippen molar-refractivity contribution < 1.29 is 18.4 Å². The van der Waals surface area contributed by atoms with E-state index in [1.54, 1.807) is 55.6 Å². The van der Waals surface area contributed by atoms with Crippen molar-refractivity contribution in [3.8, 4) is 11.3 Å². The molecule has 0 bridgehead atoms. The second kappa shape index (κ2) is 7.23. The number of halogens is 1. The van der Waals surface area contributed by atoms with Crippen LogP contribution >= 0.6 is 0 Å². The van der Waals surface area contributed by atoms with E-state index >= 15 is 0 Å². The number of hydrogen-bond acceptors (Lipinski definition) is 3. The van der Waals surface area contributed by atoms with Gasteiger partial charge in [-0.15, -0.1) is 0 Å². The highest BCUT2D eigenvalue weighted by Gasteiger charge is 2.17. The molecule has 0 aliphatic rings. The molecular formula is C20H17FN2O3. The minimum atomic E-state index is -0.489. The summed E-state index contributed by atoms with van der Waals surface area (Å²) in [6.45, 7) is 1.44. The number of hydrogen-bond donors (Lipinski definition) is 1. The summed E-state index contributed by atoms with van der Waals surface area (Å²) in [5.41, 5.74) is 1.32. The van der Waals surface area contributed by atoms with Crippen molar-refractivity contribution in [2.24, 2.45) is 0 Å². The van der Waals surface area contributed by atoms with Crippen LogP contribution in [0.1, 0.15) is 17.5 Å². The Hall–Kier alpha value is -3.41. The summed E-state index contributed by atoms with van der Waals surface area (Å²) < 4.78 is 19.4. The second-order valence-electron chi connectivity index (χ2n) is 5.69. The van der Waals surface area contributed by atoms with Gasteiger partial charge in [0.05, 0.1) is 16.9 Å². The summed E-state index contributed by atoms with van der Waals surface area (Å²) in [6.07, 6.45) is 0. The fraction of sp³-hybridized carbons (Fsp3) is 0.100. The average Bonchev–Trinajstić information content (AvgIpc) is 3.12. The third-order valence-corrected chi connectivity index (χ3v) is 3.96. The Morgan fingerprint density at radius 2 is 1.69 bits per heavy atom. The topological polar surface area (TPSA) is 62.6 Å². The van der Waals surface area contributed by atoms with Crippen LogP contribution in [0.5, 0.6) is 0 Å². The Bertz CT molecular complexity index is 965. The van der Waals surface area contributed by atoms with Gasteiger partial charge < -0.3 is 14.6 Å². The molecule has 3 rings (SSSR count). The van der Waals surface area contributed by atoms with E-state index in [0.29, 0.717) is 11.4 Å². The van der Waals surface area contributed by atoms with Crippen molar-refractivity contribution in [2.45, 2.75) is 6.92 Å². The lowest BCUT2D eigenvalue weighted by molar-refractivity contribution is -0.116. The number of nitrogens with zero attached hydrogens (tertiary/aromatic N) is 1. The van der Waals surface area contributed by atoms with Crippen LogP contribution in [0.3, 0.4) is 0 Å². The maximum absolute atomic E-state index is 13.9. The molecule has 0 atom stereocenters. The van der Waals surface area contributed by atoms with Crippen LogP contribution in [-0.4, -0.2) is 18.9 Å². The van der Waals surface area contributed by atoms with Crippen molar-refractivity contribution in [3.05, 3.63) is 72.2 Å². The third kappa shape index (κ3) is 3.49. The molecule has 0 unspecified atom stereocenters. The summed E-state index contributed by atoms with van der Waals surface area (Å²) in [4.78, 5) is 25.5. The maximum atomic E-state index is 13.9. The SMILES string of the molecule is CC(=O)N(C)c1ccccc1NC(=O)c1ccc(-c2ccccc2F)o1. The Kier molecular flexibility index (Phi) is 4.84. The second-order valence-corrected chi connectivity index (χ2v) is 5.69. The van der Waals surface area contributed by atoms with Gasteiger partial charge >= 0.3 is 0 Å². The van der Waals surface area contributed by atoms with Crippen LogP contribution in [0.25, 0.3) is 11.3 Å². The van der Waals surface area contributed by atoms with Gasteiger partial charge in [-0.05, 0) is 36.4 Å². The van der Waals surface area contributed by atoms with Crippen LogP contribution in [0.2, 0.25) is 0 Å². The van der Waals surface area contributed by atoms with Gasteiger partial charge in [-0.3, -0.25) is 9.59 Å². The smallest absolute Gasteiger partial charge is 0.291 e. The van der Waals surface area contributed by atoms with Crippen molar-refractivity contribution >= 4 is 23.2 Å². The zero-order chi connectivity index (χ0) is 18.7. The van der Waals surface area contributed by atoms with E-state index in [9.17, 15) is 14.0 Å². The van der Waals surface area contributed by atoms with Gasteiger partial charge in [-0.25, -0.2) is 4.39 Å². The van der Waals surface area contributed by atoms with Gasteiger partial charge in [0, 0.05) is 14.0 Å². The van der Waals surface area contributed by atoms with Gasteiger partial charge in [0.1, 0.15) is 11.6 Å². The van der Waals surface area contributed by atoms with Gasteiger partial charge in [-0.1, -0.05) is 24.3 Å². The van der Waals surface area contributed by atoms with E-state index < -0.39 is 11.7 Å². The minimum absolute atomic E-state index is 0.0449. The van der Waals surface area contributed by atoms with Gasteiger partial charge in [0.25, 0.3) is 5.91 Å². The molecule has 0 spiro atoms. The first kappa shape index (κ1) is 17.4. The summed E-state index contributed by atoms with van der Waals surface area (Å²) in [5.74, 6) is -0.767. The lowest BCUT2D eigenvalue weighted by Gasteiger charge is -2.19. The zero-order valence-electron chi connectivity index (χ0n) is 14.3. The Morgan fingerprint density at radius 1 is 1.00 bits per heavy atom. The predicted molar refractivity (Wildman–Crippen MR) is 97.6 cm³/mol. The first-order valence-electron chi connectivity index (χ1n) is 7.97. The van der Waals surface area contributed by atoms with E-state index in [1.807, 2.05) is 0 Å². The van der Waals surface area contributed by atoms with E-state index in [-0.39, 0.29) is 23.0 Å². The molecule has 0 fully saturated rings. The van der Waals surface area contributed by atoms with Crippen molar-refractivity contribution in [2.75, 3.05) is 17.3 Å². The van der Waals surface area contributed by atoms with E-state index in [0.717, 1.165) is 0 Å². The average molecular weight is 352 g/mol. The summed E-state index contributed by atoms with van der Waals surface area (Å²) in [5, 5.41) is 2.72. The molecule has 1 heterocycles. The van der Waals surface area contributed by atoms with E-state index in [1.165, 1.54) is 24.0 Å². The lowest BCUT2D eigenvalue weighted by Crippen LogP contribution is -2.24. The minimum Gasteiger partial charge on any atom is -0.451 e. The number of nitrogens with one attached hydrogen (secondary N) is 1. The first-order valence-corrected chi connectivity index (χ1v) is 7.97. The number of furan rings is 1. The maximum Gasteiger partial charge on any atom is 0.291 e. The van der Waals surface area contributed by atoms with Gasteiger partial charge in [-0.2, -0.15) is 0 Å². The molecule has 0 saturated heterocycles. The highest BCUT2D eigenvalue weighted by molar-refractivity contribution is 6.06. The van der Waals surface area contributed by atoms with Crippen LogP contribution in [0, 0.1) is 5.82 Å². The third-order valence-electron chi connectivity index (χ3n) is 3.96. The van der Waals surface area contributed by atoms with Gasteiger partial charge in [0.15, 0.2) is 5.76 Å². The molecular weight excluding hydrogens is 335 g/mol. The normalized spacial score (nSPS) is 10.4. The van der Waals surface area contributed by atoms with Gasteiger partial charge in [0.2, 0.25) is 5.91 Å². The fourth-order valence-corrected chi connectivity index (χ4v) is 2.49. The molecule has 1 aromatic heterocycles. The number of carbonyl (C=O) groups excluding carboxylic acids is 2.